The van der Waals surface area contributed by atoms with Crippen LogP contribution in [0.5, 0.6) is 0 Å². The number of carbonyl (C=O) groups excluding carboxylic acids is 1. The highest BCUT2D eigenvalue weighted by molar-refractivity contribution is 9.13. The van der Waals surface area contributed by atoms with Gasteiger partial charge in [-0.2, -0.15) is 0 Å². The molecule has 0 radical (unpaired) electrons. The number of halogens is 2. The number of rotatable bonds is 4. The quantitative estimate of drug-likeness (QED) is 0.790. The topological polar surface area (TPSA) is 49.3 Å². The smallest absolute Gasteiger partial charge is 0.262 e. The molecule has 1 amide bonds. The fraction of sp³-hybridized carbons (Fsp3) is 0.214. The van der Waals surface area contributed by atoms with Crippen LogP contribution in [0.1, 0.15) is 22.2 Å². The van der Waals surface area contributed by atoms with Gasteiger partial charge in [0, 0.05) is 4.47 Å². The monoisotopic (exact) mass is 417 g/mol. The van der Waals surface area contributed by atoms with Crippen LogP contribution in [0.2, 0.25) is 0 Å². The molecule has 0 fully saturated rings. The van der Waals surface area contributed by atoms with E-state index in [1.165, 1.54) is 11.3 Å². The number of benzene rings is 1. The second-order valence-electron chi connectivity index (χ2n) is 4.54. The Hall–Kier alpha value is -0.690. The van der Waals surface area contributed by atoms with Crippen LogP contribution in [-0.4, -0.2) is 17.6 Å². The molecule has 20 heavy (non-hydrogen) atoms. The number of amides is 1. The molecule has 6 heteroatoms. The summed E-state index contributed by atoms with van der Waals surface area (Å²) in [6, 6.07) is 11.2. The fourth-order valence-corrected chi connectivity index (χ4v) is 3.71. The zero-order valence-electron chi connectivity index (χ0n) is 10.7. The molecule has 1 unspecified atom stereocenters. The molecule has 0 aliphatic heterocycles. The van der Waals surface area contributed by atoms with Crippen molar-refractivity contribution < 1.29 is 9.90 Å². The van der Waals surface area contributed by atoms with Crippen molar-refractivity contribution in [1.29, 1.82) is 0 Å². The summed E-state index contributed by atoms with van der Waals surface area (Å²) in [5, 5.41) is 12.6. The Bertz CT molecular complexity index is 595. The molecule has 0 saturated heterocycles. The minimum absolute atomic E-state index is 0.170. The Labute approximate surface area is 138 Å². The van der Waals surface area contributed by atoms with E-state index in [-0.39, 0.29) is 12.5 Å². The van der Waals surface area contributed by atoms with Gasteiger partial charge in [-0.15, -0.1) is 11.3 Å². The maximum Gasteiger partial charge on any atom is 0.262 e. The van der Waals surface area contributed by atoms with E-state index in [0.29, 0.717) is 4.88 Å². The maximum atomic E-state index is 12.3. The number of nitrogens with one attached hydrogen (secondary N) is 1. The van der Waals surface area contributed by atoms with Crippen molar-refractivity contribution in [3.63, 3.8) is 0 Å². The number of carbonyl (C=O) groups is 1. The molecular weight excluding hydrogens is 406 g/mol. The van der Waals surface area contributed by atoms with Crippen LogP contribution in [0.3, 0.4) is 0 Å². The second-order valence-corrected chi connectivity index (χ2v) is 7.77. The van der Waals surface area contributed by atoms with Gasteiger partial charge in [0.05, 0.1) is 20.8 Å². The maximum absolute atomic E-state index is 12.3. The molecule has 2 aromatic rings. The van der Waals surface area contributed by atoms with Gasteiger partial charge in [-0.3, -0.25) is 4.79 Å². The predicted octanol–water partition coefficient (Wildman–Crippen LogP) is 3.91. The SMILES string of the molecule is CC(CO)(NC(=O)c1cc(Br)c(Br)s1)c1ccccc1. The van der Waals surface area contributed by atoms with Crippen molar-refractivity contribution in [1.82, 2.24) is 5.32 Å². The zero-order valence-corrected chi connectivity index (χ0v) is 14.7. The molecule has 1 atom stereocenters. The lowest BCUT2D eigenvalue weighted by atomic mass is 9.93. The first-order valence-corrected chi connectivity index (χ1v) is 8.30. The fourth-order valence-electron chi connectivity index (χ4n) is 1.78. The molecule has 0 bridgehead atoms. The third-order valence-corrected chi connectivity index (χ3v) is 6.24. The molecule has 0 spiro atoms. The van der Waals surface area contributed by atoms with Crippen LogP contribution in [0.4, 0.5) is 0 Å². The van der Waals surface area contributed by atoms with Crippen molar-refractivity contribution in [3.8, 4) is 0 Å². The Morgan fingerprint density at radius 1 is 1.35 bits per heavy atom. The van der Waals surface area contributed by atoms with Crippen LogP contribution in [0.15, 0.2) is 44.7 Å². The summed E-state index contributed by atoms with van der Waals surface area (Å²) in [5.41, 5.74) is 0.0620. The summed E-state index contributed by atoms with van der Waals surface area (Å²) in [6.07, 6.45) is 0. The lowest BCUT2D eigenvalue weighted by Gasteiger charge is -2.29. The van der Waals surface area contributed by atoms with Crippen LogP contribution >= 0.6 is 43.2 Å². The van der Waals surface area contributed by atoms with E-state index in [2.05, 4.69) is 37.2 Å². The molecule has 1 aromatic heterocycles. The number of thiophene rings is 1. The number of aliphatic hydroxyl groups is 1. The zero-order chi connectivity index (χ0) is 14.8. The Kier molecular flexibility index (Phi) is 5.01. The van der Waals surface area contributed by atoms with Gasteiger partial charge in [-0.25, -0.2) is 0 Å². The average molecular weight is 419 g/mol. The minimum Gasteiger partial charge on any atom is -0.394 e. The third-order valence-electron chi connectivity index (χ3n) is 2.99. The average Bonchev–Trinajstić information content (AvgIpc) is 2.79. The molecule has 1 heterocycles. The van der Waals surface area contributed by atoms with Crippen molar-refractivity contribution in [2.45, 2.75) is 12.5 Å². The summed E-state index contributed by atoms with van der Waals surface area (Å²) in [6.45, 7) is 1.63. The Morgan fingerprint density at radius 3 is 2.50 bits per heavy atom. The van der Waals surface area contributed by atoms with Crippen molar-refractivity contribution in [2.75, 3.05) is 6.61 Å². The van der Waals surface area contributed by atoms with Crippen LogP contribution in [0, 0.1) is 0 Å². The van der Waals surface area contributed by atoms with Crippen LogP contribution < -0.4 is 5.32 Å². The first-order chi connectivity index (χ1) is 9.46. The Morgan fingerprint density at radius 2 is 2.00 bits per heavy atom. The normalized spacial score (nSPS) is 13.8. The lowest BCUT2D eigenvalue weighted by Crippen LogP contribution is -2.46. The van der Waals surface area contributed by atoms with E-state index in [0.717, 1.165) is 13.8 Å². The number of aliphatic hydroxyl groups excluding tert-OH is 1. The highest BCUT2D eigenvalue weighted by Gasteiger charge is 2.28. The van der Waals surface area contributed by atoms with E-state index >= 15 is 0 Å². The van der Waals surface area contributed by atoms with Gasteiger partial charge in [0.2, 0.25) is 0 Å². The Balaban J connectivity index is 2.24. The van der Waals surface area contributed by atoms with Crippen molar-refractivity contribution >= 4 is 49.1 Å². The molecule has 1 aromatic carbocycles. The van der Waals surface area contributed by atoms with Crippen LogP contribution in [0.25, 0.3) is 0 Å². The largest absolute Gasteiger partial charge is 0.394 e. The third kappa shape index (κ3) is 3.31. The molecule has 3 nitrogen and oxygen atoms in total. The summed E-state index contributed by atoms with van der Waals surface area (Å²) in [4.78, 5) is 12.9. The first kappa shape index (κ1) is 15.7. The first-order valence-electron chi connectivity index (χ1n) is 5.90. The van der Waals surface area contributed by atoms with Gasteiger partial charge in [0.15, 0.2) is 0 Å². The van der Waals surface area contributed by atoms with Gasteiger partial charge in [0.25, 0.3) is 5.91 Å². The van der Waals surface area contributed by atoms with Gasteiger partial charge in [-0.1, -0.05) is 30.3 Å². The van der Waals surface area contributed by atoms with E-state index in [9.17, 15) is 9.90 Å². The second kappa shape index (κ2) is 6.39. The summed E-state index contributed by atoms with van der Waals surface area (Å²) in [5.74, 6) is -0.207. The molecule has 106 valence electrons. The summed E-state index contributed by atoms with van der Waals surface area (Å²) < 4.78 is 1.71. The van der Waals surface area contributed by atoms with Crippen LogP contribution in [-0.2, 0) is 5.54 Å². The molecule has 0 aliphatic carbocycles. The molecule has 0 saturated carbocycles. The lowest BCUT2D eigenvalue weighted by molar-refractivity contribution is 0.0854. The highest BCUT2D eigenvalue weighted by Crippen LogP contribution is 2.33. The van der Waals surface area contributed by atoms with Gasteiger partial charge in [0.1, 0.15) is 0 Å². The van der Waals surface area contributed by atoms with E-state index in [4.69, 9.17) is 0 Å². The summed E-state index contributed by atoms with van der Waals surface area (Å²) in [7, 11) is 0. The molecule has 2 N–H and O–H groups in total. The summed E-state index contributed by atoms with van der Waals surface area (Å²) >= 11 is 8.07. The molecule has 2 rings (SSSR count). The van der Waals surface area contributed by atoms with E-state index in [1.807, 2.05) is 30.3 Å². The van der Waals surface area contributed by atoms with Gasteiger partial charge >= 0.3 is 0 Å². The highest BCUT2D eigenvalue weighted by atomic mass is 79.9. The minimum atomic E-state index is -0.804. The standard InChI is InChI=1S/C14H13Br2NO2S/c1-14(8-18,9-5-3-2-4-6-9)17-13(19)11-7-10(15)12(16)20-11/h2-7,18H,8H2,1H3,(H,17,19). The van der Waals surface area contributed by atoms with Gasteiger partial charge in [-0.05, 0) is 50.4 Å². The number of hydrogen-bond donors (Lipinski definition) is 2. The molecular formula is C14H13Br2NO2S. The van der Waals surface area contributed by atoms with Crippen molar-refractivity contribution in [2.24, 2.45) is 0 Å². The predicted molar refractivity (Wildman–Crippen MR) is 88.1 cm³/mol. The van der Waals surface area contributed by atoms with Crippen molar-refractivity contribution in [3.05, 3.63) is 55.1 Å². The van der Waals surface area contributed by atoms with Gasteiger partial charge < -0.3 is 10.4 Å². The van der Waals surface area contributed by atoms with E-state index in [1.54, 1.807) is 13.0 Å². The van der Waals surface area contributed by atoms with E-state index < -0.39 is 5.54 Å². The number of hydrogen-bond acceptors (Lipinski definition) is 3. The molecule has 0 aliphatic rings.